The molecule has 17 heavy (non-hydrogen) atoms. The Balaban J connectivity index is 1.97. The normalized spacial score (nSPS) is 36.6. The summed E-state index contributed by atoms with van der Waals surface area (Å²) in [5.41, 5.74) is 0.542. The van der Waals surface area contributed by atoms with Crippen molar-refractivity contribution in [1.29, 1.82) is 5.26 Å². The molecule has 1 N–H and O–H groups in total. The second kappa shape index (κ2) is 4.96. The smallest absolute Gasteiger partial charge is 0.0903 e. The van der Waals surface area contributed by atoms with E-state index >= 15 is 0 Å². The highest BCUT2D eigenvalue weighted by molar-refractivity contribution is 4.91. The number of nitriles is 1. The number of hydrogen-bond acceptors (Lipinski definition) is 2. The molecule has 0 bridgehead atoms. The third kappa shape index (κ3) is 3.20. The fraction of sp³-hybridized carbons (Fsp3) is 0.929. The third-order valence-corrected chi connectivity index (χ3v) is 4.38. The van der Waals surface area contributed by atoms with E-state index in [2.05, 4.69) is 19.9 Å². The summed E-state index contributed by atoms with van der Waals surface area (Å²) in [6.45, 7) is 8.89. The predicted octanol–water partition coefficient (Wildman–Crippen LogP) is 1.15. The molecule has 2 aliphatic heterocycles. The first kappa shape index (κ1) is 12.9. The van der Waals surface area contributed by atoms with E-state index in [4.69, 9.17) is 10.00 Å². The largest absolute Gasteiger partial charge is 0.376 e. The highest BCUT2D eigenvalue weighted by Crippen LogP contribution is 2.42. The lowest BCUT2D eigenvalue weighted by atomic mass is 9.69. The summed E-state index contributed by atoms with van der Waals surface area (Å²) in [5.74, 6) is 0. The van der Waals surface area contributed by atoms with E-state index in [1.165, 1.54) is 38.8 Å². The fourth-order valence-corrected chi connectivity index (χ4v) is 3.82. The molecule has 2 rings (SSSR count). The average molecular weight is 237 g/mol. The van der Waals surface area contributed by atoms with E-state index in [0.717, 1.165) is 13.2 Å². The van der Waals surface area contributed by atoms with Crippen LogP contribution in [-0.2, 0) is 4.74 Å². The van der Waals surface area contributed by atoms with Gasteiger partial charge >= 0.3 is 0 Å². The molecule has 2 heterocycles. The molecule has 2 atom stereocenters. The molecule has 1 spiro atoms. The number of nitrogens with one attached hydrogen (secondary N) is 1. The SMILES string of the molecule is CC1(C)CC2(CCC[NH+](CCC#N)C2)CCO1. The molecule has 0 radical (unpaired) electrons. The first-order chi connectivity index (χ1) is 8.05. The quantitative estimate of drug-likeness (QED) is 0.782. The second-order valence-corrected chi connectivity index (χ2v) is 6.47. The lowest BCUT2D eigenvalue weighted by Crippen LogP contribution is -3.14. The minimum absolute atomic E-state index is 0.0515. The first-order valence-corrected chi connectivity index (χ1v) is 6.90. The van der Waals surface area contributed by atoms with Crippen molar-refractivity contribution in [3.63, 3.8) is 0 Å². The Bertz CT molecular complexity index is 304. The Morgan fingerprint density at radius 2 is 2.18 bits per heavy atom. The molecule has 0 amide bonds. The molecule has 2 unspecified atom stereocenters. The molecule has 2 fully saturated rings. The molecular formula is C14H25N2O+. The molecule has 2 aliphatic rings. The summed E-state index contributed by atoms with van der Waals surface area (Å²) in [6.07, 6.45) is 5.78. The van der Waals surface area contributed by atoms with E-state index in [0.29, 0.717) is 11.8 Å². The van der Waals surface area contributed by atoms with Crippen molar-refractivity contribution >= 4 is 0 Å². The van der Waals surface area contributed by atoms with Gasteiger partial charge in [-0.1, -0.05) is 0 Å². The van der Waals surface area contributed by atoms with Crippen molar-refractivity contribution < 1.29 is 9.64 Å². The van der Waals surface area contributed by atoms with Gasteiger partial charge in [0.25, 0.3) is 0 Å². The fourth-order valence-electron chi connectivity index (χ4n) is 3.82. The molecule has 0 aliphatic carbocycles. The summed E-state index contributed by atoms with van der Waals surface area (Å²) in [4.78, 5) is 1.63. The van der Waals surface area contributed by atoms with E-state index in [1.54, 1.807) is 4.90 Å². The lowest BCUT2D eigenvalue weighted by molar-refractivity contribution is -0.913. The number of piperidine rings is 1. The van der Waals surface area contributed by atoms with E-state index in [9.17, 15) is 0 Å². The third-order valence-electron chi connectivity index (χ3n) is 4.38. The number of hydrogen-bond donors (Lipinski definition) is 1. The molecule has 3 nitrogen and oxygen atoms in total. The van der Waals surface area contributed by atoms with Crippen molar-refractivity contribution in [1.82, 2.24) is 0 Å². The maximum atomic E-state index is 8.70. The average Bonchev–Trinajstić information content (AvgIpc) is 2.25. The zero-order valence-corrected chi connectivity index (χ0v) is 11.2. The number of likely N-dealkylation sites (tertiary alicyclic amines) is 1. The van der Waals surface area contributed by atoms with E-state index in [1.807, 2.05) is 0 Å². The van der Waals surface area contributed by atoms with Crippen LogP contribution in [0.1, 0.15) is 46.0 Å². The Morgan fingerprint density at radius 3 is 2.88 bits per heavy atom. The molecule has 2 saturated heterocycles. The van der Waals surface area contributed by atoms with Gasteiger partial charge in [0, 0.05) is 12.0 Å². The van der Waals surface area contributed by atoms with E-state index in [-0.39, 0.29) is 5.60 Å². The molecular weight excluding hydrogens is 212 g/mol. The first-order valence-electron chi connectivity index (χ1n) is 6.90. The minimum Gasteiger partial charge on any atom is -0.376 e. The minimum atomic E-state index is 0.0515. The Morgan fingerprint density at radius 1 is 1.35 bits per heavy atom. The molecule has 0 aromatic carbocycles. The van der Waals surface area contributed by atoms with Crippen LogP contribution in [0.5, 0.6) is 0 Å². The van der Waals surface area contributed by atoms with Crippen LogP contribution in [0.25, 0.3) is 0 Å². The number of ether oxygens (including phenoxy) is 1. The van der Waals surface area contributed by atoms with Gasteiger partial charge in [0.05, 0.1) is 37.7 Å². The summed E-state index contributed by atoms with van der Waals surface area (Å²) < 4.78 is 5.85. The highest BCUT2D eigenvalue weighted by atomic mass is 16.5. The summed E-state index contributed by atoms with van der Waals surface area (Å²) in [7, 11) is 0. The summed E-state index contributed by atoms with van der Waals surface area (Å²) >= 11 is 0. The predicted molar refractivity (Wildman–Crippen MR) is 66.7 cm³/mol. The summed E-state index contributed by atoms with van der Waals surface area (Å²) in [6, 6.07) is 2.28. The van der Waals surface area contributed by atoms with Gasteiger partial charge in [-0.3, -0.25) is 0 Å². The number of rotatable bonds is 2. The van der Waals surface area contributed by atoms with E-state index < -0.39 is 0 Å². The van der Waals surface area contributed by atoms with Crippen LogP contribution < -0.4 is 4.90 Å². The maximum absolute atomic E-state index is 8.70. The highest BCUT2D eigenvalue weighted by Gasteiger charge is 2.45. The molecule has 3 heteroatoms. The van der Waals surface area contributed by atoms with Crippen LogP contribution in [0.2, 0.25) is 0 Å². The lowest BCUT2D eigenvalue weighted by Gasteiger charge is -2.48. The van der Waals surface area contributed by atoms with Crippen LogP contribution in [0, 0.1) is 16.7 Å². The number of quaternary nitrogens is 1. The van der Waals surface area contributed by atoms with Crippen LogP contribution in [0.15, 0.2) is 0 Å². The van der Waals surface area contributed by atoms with Gasteiger partial charge in [-0.2, -0.15) is 5.26 Å². The van der Waals surface area contributed by atoms with Gasteiger partial charge in [-0.05, 0) is 39.5 Å². The summed E-state index contributed by atoms with van der Waals surface area (Å²) in [5, 5.41) is 8.70. The van der Waals surface area contributed by atoms with Crippen molar-refractivity contribution in [3.8, 4) is 6.07 Å². The zero-order chi connectivity index (χ0) is 12.4. The van der Waals surface area contributed by atoms with Gasteiger partial charge < -0.3 is 9.64 Å². The van der Waals surface area contributed by atoms with Crippen LogP contribution in [-0.4, -0.2) is 31.8 Å². The van der Waals surface area contributed by atoms with Crippen LogP contribution in [0.4, 0.5) is 0 Å². The van der Waals surface area contributed by atoms with Crippen LogP contribution >= 0.6 is 0 Å². The zero-order valence-electron chi connectivity index (χ0n) is 11.2. The van der Waals surface area contributed by atoms with Gasteiger partial charge in [-0.25, -0.2) is 0 Å². The Kier molecular flexibility index (Phi) is 3.75. The number of nitrogens with zero attached hydrogens (tertiary/aromatic N) is 1. The Hall–Kier alpha value is -0.590. The van der Waals surface area contributed by atoms with Crippen molar-refractivity contribution in [2.75, 3.05) is 26.2 Å². The van der Waals surface area contributed by atoms with Crippen molar-refractivity contribution in [2.45, 2.75) is 51.6 Å². The van der Waals surface area contributed by atoms with Crippen molar-refractivity contribution in [3.05, 3.63) is 0 Å². The maximum Gasteiger partial charge on any atom is 0.0903 e. The monoisotopic (exact) mass is 237 g/mol. The van der Waals surface area contributed by atoms with Gasteiger partial charge in [0.1, 0.15) is 0 Å². The van der Waals surface area contributed by atoms with Crippen LogP contribution in [0.3, 0.4) is 0 Å². The molecule has 0 aromatic heterocycles. The molecule has 0 aromatic rings. The standard InChI is InChI=1S/C14H24N2O/c1-13(2)11-14(6-10-17-13)5-3-8-16(12-14)9-4-7-15/h3-6,8-12H2,1-2H3/p+1. The molecule has 0 saturated carbocycles. The molecule has 96 valence electrons. The van der Waals surface area contributed by atoms with Gasteiger partial charge in [0.2, 0.25) is 0 Å². The van der Waals surface area contributed by atoms with Crippen molar-refractivity contribution in [2.24, 2.45) is 5.41 Å². The van der Waals surface area contributed by atoms with Gasteiger partial charge in [-0.15, -0.1) is 0 Å². The second-order valence-electron chi connectivity index (χ2n) is 6.47. The van der Waals surface area contributed by atoms with Gasteiger partial charge in [0.15, 0.2) is 0 Å². The topological polar surface area (TPSA) is 37.5 Å². The Labute approximate surface area is 105 Å².